The van der Waals surface area contributed by atoms with Gasteiger partial charge in [0.1, 0.15) is 18.1 Å². The molecule has 0 aromatic carbocycles. The average Bonchev–Trinajstić information content (AvgIpc) is 3.30. The van der Waals surface area contributed by atoms with Gasteiger partial charge in [0.15, 0.2) is 0 Å². The van der Waals surface area contributed by atoms with Crippen LogP contribution in [-0.2, 0) is 13.1 Å². The van der Waals surface area contributed by atoms with E-state index >= 15 is 0 Å². The smallest absolute Gasteiger partial charge is 0.320 e. The molecule has 0 saturated heterocycles. The molecule has 0 radical (unpaired) electrons. The highest BCUT2D eigenvalue weighted by Crippen LogP contribution is 2.21. The monoisotopic (exact) mass is 356 g/mol. The van der Waals surface area contributed by atoms with Gasteiger partial charge in [-0.1, -0.05) is 0 Å². The molecule has 1 unspecified atom stereocenters. The van der Waals surface area contributed by atoms with E-state index in [0.717, 1.165) is 29.3 Å². The first-order valence-electron chi connectivity index (χ1n) is 8.65. The first-order chi connectivity index (χ1) is 12.5. The van der Waals surface area contributed by atoms with Gasteiger partial charge in [0.05, 0.1) is 24.2 Å². The van der Waals surface area contributed by atoms with Crippen LogP contribution in [0.1, 0.15) is 42.6 Å². The lowest BCUT2D eigenvalue weighted by molar-refractivity contribution is 0.249. The summed E-state index contributed by atoms with van der Waals surface area (Å²) in [5, 5.41) is 14.6. The number of hydrogen-bond acceptors (Lipinski definition) is 4. The molecule has 2 amide bonds. The highest BCUT2D eigenvalue weighted by molar-refractivity contribution is 5.88. The summed E-state index contributed by atoms with van der Waals surface area (Å²) in [7, 11) is 0. The lowest BCUT2D eigenvalue weighted by Gasteiger charge is -2.16. The predicted molar refractivity (Wildman–Crippen MR) is 98.0 cm³/mol. The Morgan fingerprint density at radius 1 is 1.31 bits per heavy atom. The largest absolute Gasteiger partial charge is 0.467 e. The average molecular weight is 356 g/mol. The van der Waals surface area contributed by atoms with Crippen molar-refractivity contribution >= 4 is 11.8 Å². The Balaban J connectivity index is 1.66. The Morgan fingerprint density at radius 3 is 2.77 bits per heavy atom. The Hall–Kier alpha value is -3.03. The SMILES string of the molecule is CCn1nc(C)c(C(C)NC(=O)Nc2ccnn2Cc2ccco2)c1C. The minimum atomic E-state index is -0.290. The molecule has 2 N–H and O–H groups in total. The van der Waals surface area contributed by atoms with E-state index in [1.165, 1.54) is 0 Å². The van der Waals surface area contributed by atoms with Crippen molar-refractivity contribution in [2.75, 3.05) is 5.32 Å². The van der Waals surface area contributed by atoms with Crippen LogP contribution in [0.2, 0.25) is 0 Å². The van der Waals surface area contributed by atoms with Crippen LogP contribution in [-0.4, -0.2) is 25.6 Å². The van der Waals surface area contributed by atoms with Gasteiger partial charge >= 0.3 is 6.03 Å². The minimum absolute atomic E-state index is 0.156. The maximum absolute atomic E-state index is 12.4. The summed E-state index contributed by atoms with van der Waals surface area (Å²) in [6.45, 7) is 9.24. The van der Waals surface area contributed by atoms with Crippen molar-refractivity contribution in [2.45, 2.75) is 46.8 Å². The number of rotatable bonds is 6. The van der Waals surface area contributed by atoms with E-state index in [-0.39, 0.29) is 12.1 Å². The summed E-state index contributed by atoms with van der Waals surface area (Å²) in [5.41, 5.74) is 3.05. The fourth-order valence-electron chi connectivity index (χ4n) is 3.18. The molecule has 138 valence electrons. The number of furan rings is 1. The predicted octanol–water partition coefficient (Wildman–Crippen LogP) is 3.24. The molecule has 3 heterocycles. The maximum atomic E-state index is 12.4. The fourth-order valence-corrected chi connectivity index (χ4v) is 3.18. The third-order valence-electron chi connectivity index (χ3n) is 4.36. The second-order valence-corrected chi connectivity index (χ2v) is 6.17. The molecular formula is C18H24N6O2. The van der Waals surface area contributed by atoms with Gasteiger partial charge in [-0.2, -0.15) is 10.2 Å². The molecule has 0 saturated carbocycles. The fraction of sp³-hybridized carbons (Fsp3) is 0.389. The summed E-state index contributed by atoms with van der Waals surface area (Å²) in [5.74, 6) is 1.37. The van der Waals surface area contributed by atoms with E-state index in [9.17, 15) is 4.79 Å². The number of aryl methyl sites for hydroxylation is 2. The normalized spacial score (nSPS) is 12.2. The van der Waals surface area contributed by atoms with Gasteiger partial charge in [0, 0.05) is 23.9 Å². The summed E-state index contributed by atoms with van der Waals surface area (Å²) in [6, 6.07) is 4.99. The van der Waals surface area contributed by atoms with Gasteiger partial charge in [-0.05, 0) is 39.8 Å². The Morgan fingerprint density at radius 2 is 2.12 bits per heavy atom. The van der Waals surface area contributed by atoms with Gasteiger partial charge in [0.25, 0.3) is 0 Å². The number of nitrogens with one attached hydrogen (secondary N) is 2. The molecule has 0 fully saturated rings. The highest BCUT2D eigenvalue weighted by Gasteiger charge is 2.19. The van der Waals surface area contributed by atoms with E-state index in [4.69, 9.17) is 4.42 Å². The molecular weight excluding hydrogens is 332 g/mol. The van der Waals surface area contributed by atoms with E-state index in [1.807, 2.05) is 44.5 Å². The van der Waals surface area contributed by atoms with Crippen molar-refractivity contribution in [3.8, 4) is 0 Å². The van der Waals surface area contributed by atoms with Crippen LogP contribution in [0, 0.1) is 13.8 Å². The molecule has 8 nitrogen and oxygen atoms in total. The zero-order chi connectivity index (χ0) is 18.7. The van der Waals surface area contributed by atoms with Gasteiger partial charge in [-0.15, -0.1) is 0 Å². The first-order valence-corrected chi connectivity index (χ1v) is 8.65. The van der Waals surface area contributed by atoms with Gasteiger partial charge in [-0.3, -0.25) is 10.00 Å². The van der Waals surface area contributed by atoms with Crippen LogP contribution in [0.3, 0.4) is 0 Å². The zero-order valence-electron chi connectivity index (χ0n) is 15.5. The number of amides is 2. The molecule has 0 aliphatic rings. The summed E-state index contributed by atoms with van der Waals surface area (Å²) in [6.07, 6.45) is 3.25. The van der Waals surface area contributed by atoms with Crippen molar-refractivity contribution in [3.63, 3.8) is 0 Å². The van der Waals surface area contributed by atoms with Gasteiger partial charge in [-0.25, -0.2) is 9.48 Å². The van der Waals surface area contributed by atoms with Crippen LogP contribution in [0.15, 0.2) is 35.1 Å². The second-order valence-electron chi connectivity index (χ2n) is 6.17. The number of aromatic nitrogens is 4. The minimum Gasteiger partial charge on any atom is -0.467 e. The molecule has 26 heavy (non-hydrogen) atoms. The van der Waals surface area contributed by atoms with Crippen LogP contribution >= 0.6 is 0 Å². The number of carbonyl (C=O) groups is 1. The van der Waals surface area contributed by atoms with Gasteiger partial charge in [0.2, 0.25) is 0 Å². The Kier molecular flexibility index (Phi) is 5.11. The summed E-state index contributed by atoms with van der Waals surface area (Å²) < 4.78 is 8.95. The molecule has 1 atom stereocenters. The maximum Gasteiger partial charge on any atom is 0.320 e. The van der Waals surface area contributed by atoms with Crippen LogP contribution in [0.5, 0.6) is 0 Å². The number of carbonyl (C=O) groups excluding carboxylic acids is 1. The lowest BCUT2D eigenvalue weighted by Crippen LogP contribution is -2.32. The van der Waals surface area contributed by atoms with E-state index in [0.29, 0.717) is 12.4 Å². The molecule has 3 rings (SSSR count). The summed E-state index contributed by atoms with van der Waals surface area (Å²) in [4.78, 5) is 12.4. The third-order valence-corrected chi connectivity index (χ3v) is 4.36. The quantitative estimate of drug-likeness (QED) is 0.709. The Labute approximate surface area is 152 Å². The van der Waals surface area contributed by atoms with Crippen molar-refractivity contribution < 1.29 is 9.21 Å². The number of hydrogen-bond donors (Lipinski definition) is 2. The molecule has 0 aliphatic heterocycles. The molecule has 3 aromatic heterocycles. The molecule has 0 bridgehead atoms. The van der Waals surface area contributed by atoms with Crippen LogP contribution < -0.4 is 10.6 Å². The van der Waals surface area contributed by atoms with Crippen molar-refractivity contribution in [2.24, 2.45) is 0 Å². The molecule has 0 spiro atoms. The van der Waals surface area contributed by atoms with Crippen molar-refractivity contribution in [1.82, 2.24) is 24.9 Å². The second kappa shape index (κ2) is 7.47. The van der Waals surface area contributed by atoms with Crippen molar-refractivity contribution in [3.05, 3.63) is 53.4 Å². The zero-order valence-corrected chi connectivity index (χ0v) is 15.5. The third kappa shape index (κ3) is 3.63. The number of urea groups is 1. The van der Waals surface area contributed by atoms with E-state index in [1.54, 1.807) is 23.2 Å². The van der Waals surface area contributed by atoms with E-state index < -0.39 is 0 Å². The van der Waals surface area contributed by atoms with Crippen LogP contribution in [0.4, 0.5) is 10.6 Å². The molecule has 3 aromatic rings. The standard InChI is InChI=1S/C18H24N6O2/c1-5-23-14(4)17(13(3)22-23)12(2)20-18(25)21-16-8-9-19-24(16)11-15-7-6-10-26-15/h6-10,12H,5,11H2,1-4H3,(H2,20,21,25). The topological polar surface area (TPSA) is 89.9 Å². The molecule has 8 heteroatoms. The summed E-state index contributed by atoms with van der Waals surface area (Å²) >= 11 is 0. The Bertz CT molecular complexity index is 878. The number of nitrogens with zero attached hydrogens (tertiary/aromatic N) is 4. The highest BCUT2D eigenvalue weighted by atomic mass is 16.3. The van der Waals surface area contributed by atoms with E-state index in [2.05, 4.69) is 20.8 Å². The first kappa shape index (κ1) is 17.8. The van der Waals surface area contributed by atoms with Gasteiger partial charge < -0.3 is 9.73 Å². The molecule has 0 aliphatic carbocycles. The van der Waals surface area contributed by atoms with Crippen LogP contribution in [0.25, 0.3) is 0 Å². The lowest BCUT2D eigenvalue weighted by atomic mass is 10.1. The number of anilines is 1. The van der Waals surface area contributed by atoms with Crippen molar-refractivity contribution in [1.29, 1.82) is 0 Å².